The molecule has 1 aliphatic rings. The van der Waals surface area contributed by atoms with Gasteiger partial charge < -0.3 is 26.0 Å². The van der Waals surface area contributed by atoms with Crippen molar-refractivity contribution in [2.45, 2.75) is 89.3 Å². The van der Waals surface area contributed by atoms with Gasteiger partial charge in [0.25, 0.3) is 0 Å². The number of halogens is 3. The van der Waals surface area contributed by atoms with E-state index in [-0.39, 0.29) is 43.8 Å². The monoisotopic (exact) mass is 680 g/mol. The molecule has 1 aliphatic heterocycles. The number of benzene rings is 3. The van der Waals surface area contributed by atoms with Gasteiger partial charge in [-0.15, -0.1) is 0 Å². The highest BCUT2D eigenvalue weighted by molar-refractivity contribution is 5.96. The molecule has 0 unspecified atom stereocenters. The predicted molar refractivity (Wildman–Crippen MR) is 182 cm³/mol. The van der Waals surface area contributed by atoms with Crippen molar-refractivity contribution in [1.82, 2.24) is 20.9 Å². The van der Waals surface area contributed by atoms with E-state index in [0.29, 0.717) is 31.2 Å². The van der Waals surface area contributed by atoms with Crippen molar-refractivity contribution in [3.05, 3.63) is 107 Å². The third kappa shape index (κ3) is 10.6. The van der Waals surface area contributed by atoms with Gasteiger partial charge in [0.2, 0.25) is 17.7 Å². The van der Waals surface area contributed by atoms with Crippen molar-refractivity contribution in [2.24, 2.45) is 5.92 Å². The van der Waals surface area contributed by atoms with Crippen LogP contribution >= 0.6 is 0 Å². The normalized spacial score (nSPS) is 18.3. The molecule has 0 radical (unpaired) electrons. The van der Waals surface area contributed by atoms with Crippen molar-refractivity contribution in [2.75, 3.05) is 13.1 Å². The van der Waals surface area contributed by atoms with Crippen LogP contribution in [0.25, 0.3) is 0 Å². The number of hydrogen-bond acceptors (Lipinski definition) is 5. The maximum Gasteiger partial charge on any atom is 0.416 e. The topological polar surface area (TPSA) is 111 Å². The van der Waals surface area contributed by atoms with Crippen molar-refractivity contribution in [3.8, 4) is 0 Å². The molecule has 0 aliphatic carbocycles. The number of amides is 3. The summed E-state index contributed by atoms with van der Waals surface area (Å²) in [6.45, 7) is 5.70. The number of nitrogens with one attached hydrogen (secondary N) is 3. The minimum atomic E-state index is -4.47. The molecule has 3 aromatic carbocycles. The van der Waals surface area contributed by atoms with E-state index in [1.807, 2.05) is 74.5 Å². The van der Waals surface area contributed by atoms with Crippen molar-refractivity contribution in [1.29, 1.82) is 0 Å². The molecule has 0 bridgehead atoms. The van der Waals surface area contributed by atoms with Crippen LogP contribution in [0.2, 0.25) is 0 Å². The lowest BCUT2D eigenvalue weighted by atomic mass is 9.87. The second kappa shape index (κ2) is 16.9. The molecule has 49 heavy (non-hydrogen) atoms. The SMILES string of the molecule is CC(=O)N[C@]1(CC(C)C)CCN([C@@H](CCc2ccccc2)C(=O)N[C@@H](Cc2ccccc2)[C@H](O)CNCc2cccc(C(F)(F)F)c2)C1=O. The number of hydrogen-bond donors (Lipinski definition) is 4. The second-order valence-corrected chi connectivity index (χ2v) is 13.4. The molecule has 3 amide bonds. The molecule has 4 rings (SSSR count). The Labute approximate surface area is 286 Å². The van der Waals surface area contributed by atoms with Gasteiger partial charge in [0.05, 0.1) is 17.7 Å². The van der Waals surface area contributed by atoms with E-state index in [2.05, 4.69) is 16.0 Å². The number of likely N-dealkylation sites (tertiary alicyclic amines) is 1. The van der Waals surface area contributed by atoms with E-state index in [9.17, 15) is 32.7 Å². The number of aliphatic hydroxyl groups is 1. The fraction of sp³-hybridized carbons (Fsp3) is 0.447. The highest BCUT2D eigenvalue weighted by atomic mass is 19.4. The van der Waals surface area contributed by atoms with Crippen LogP contribution in [0.3, 0.4) is 0 Å². The number of carbonyl (C=O) groups excluding carboxylic acids is 3. The number of aliphatic hydroxyl groups excluding tert-OH is 1. The lowest BCUT2D eigenvalue weighted by Gasteiger charge is -2.34. The van der Waals surface area contributed by atoms with Gasteiger partial charge in [0, 0.05) is 26.6 Å². The Kier molecular flexibility index (Phi) is 13.0. The second-order valence-electron chi connectivity index (χ2n) is 13.4. The van der Waals surface area contributed by atoms with Gasteiger partial charge in [-0.2, -0.15) is 13.2 Å². The van der Waals surface area contributed by atoms with Crippen LogP contribution in [0.5, 0.6) is 0 Å². The van der Waals surface area contributed by atoms with Crippen LogP contribution in [0, 0.1) is 5.92 Å². The fourth-order valence-corrected chi connectivity index (χ4v) is 6.65. The first kappa shape index (κ1) is 37.6. The Balaban J connectivity index is 1.55. The van der Waals surface area contributed by atoms with Crippen LogP contribution in [-0.4, -0.2) is 64.5 Å². The molecule has 11 heteroatoms. The van der Waals surface area contributed by atoms with Crippen molar-refractivity contribution >= 4 is 17.7 Å². The molecule has 1 heterocycles. The zero-order valence-electron chi connectivity index (χ0n) is 28.3. The summed E-state index contributed by atoms with van der Waals surface area (Å²) in [5, 5.41) is 20.3. The number of alkyl halides is 3. The van der Waals surface area contributed by atoms with E-state index in [0.717, 1.165) is 23.3 Å². The zero-order chi connectivity index (χ0) is 35.6. The summed E-state index contributed by atoms with van der Waals surface area (Å²) in [4.78, 5) is 42.2. The average molecular weight is 681 g/mol. The molecule has 0 saturated carbocycles. The van der Waals surface area contributed by atoms with E-state index in [1.54, 1.807) is 11.0 Å². The van der Waals surface area contributed by atoms with Gasteiger partial charge >= 0.3 is 6.18 Å². The highest BCUT2D eigenvalue weighted by Gasteiger charge is 2.50. The lowest BCUT2D eigenvalue weighted by Crippen LogP contribution is -2.59. The molecular weight excluding hydrogens is 633 g/mol. The predicted octanol–water partition coefficient (Wildman–Crippen LogP) is 5.04. The molecule has 0 spiro atoms. The van der Waals surface area contributed by atoms with Gasteiger partial charge in [-0.05, 0) is 60.8 Å². The van der Waals surface area contributed by atoms with E-state index in [4.69, 9.17) is 0 Å². The van der Waals surface area contributed by atoms with Crippen LogP contribution in [0.1, 0.15) is 62.3 Å². The number of rotatable bonds is 16. The number of aryl methyl sites for hydroxylation is 1. The Hall–Kier alpha value is -4.22. The Morgan fingerprint density at radius 2 is 1.57 bits per heavy atom. The van der Waals surface area contributed by atoms with Crippen LogP contribution in [0.4, 0.5) is 13.2 Å². The molecule has 264 valence electrons. The maximum atomic E-state index is 14.3. The Bertz CT molecular complexity index is 1540. The fourth-order valence-electron chi connectivity index (χ4n) is 6.65. The highest BCUT2D eigenvalue weighted by Crippen LogP contribution is 2.33. The van der Waals surface area contributed by atoms with Crippen LogP contribution in [-0.2, 0) is 39.9 Å². The molecule has 4 N–H and O–H groups in total. The molecule has 8 nitrogen and oxygen atoms in total. The standard InChI is InChI=1S/C38H47F3N4O4/c1-26(2)23-37(44-27(3)46)19-20-45(36(37)49)33(18-17-28-11-6-4-7-12-28)35(48)43-32(22-29-13-8-5-9-14-29)34(47)25-42-24-30-15-10-16-31(21-30)38(39,40)41/h4-16,21,26,32-34,42,47H,17-20,22-25H2,1-3H3,(H,43,48)(H,44,46)/t32-,33-,34+,37-/m0/s1. The zero-order valence-corrected chi connectivity index (χ0v) is 28.3. The van der Waals surface area contributed by atoms with Crippen molar-refractivity contribution in [3.63, 3.8) is 0 Å². The average Bonchev–Trinajstić information content (AvgIpc) is 3.34. The molecule has 1 saturated heterocycles. The Morgan fingerprint density at radius 1 is 0.939 bits per heavy atom. The minimum Gasteiger partial charge on any atom is -0.390 e. The largest absolute Gasteiger partial charge is 0.416 e. The summed E-state index contributed by atoms with van der Waals surface area (Å²) < 4.78 is 39.6. The van der Waals surface area contributed by atoms with Gasteiger partial charge in [-0.25, -0.2) is 0 Å². The Morgan fingerprint density at radius 3 is 2.18 bits per heavy atom. The first-order valence-electron chi connectivity index (χ1n) is 16.8. The third-order valence-electron chi connectivity index (χ3n) is 8.88. The summed E-state index contributed by atoms with van der Waals surface area (Å²) >= 11 is 0. The van der Waals surface area contributed by atoms with Gasteiger partial charge in [0.15, 0.2) is 0 Å². The molecule has 3 aromatic rings. The summed E-state index contributed by atoms with van der Waals surface area (Å²) in [5.41, 5.74) is 0.409. The first-order chi connectivity index (χ1) is 23.3. The molecule has 0 aromatic heterocycles. The number of nitrogens with zero attached hydrogens (tertiary/aromatic N) is 1. The quantitative estimate of drug-likeness (QED) is 0.170. The number of carbonyl (C=O) groups is 3. The molecule has 4 atom stereocenters. The third-order valence-corrected chi connectivity index (χ3v) is 8.88. The summed E-state index contributed by atoms with van der Waals surface area (Å²) in [6, 6.07) is 22.3. The van der Waals surface area contributed by atoms with Crippen molar-refractivity contribution < 1.29 is 32.7 Å². The maximum absolute atomic E-state index is 14.3. The van der Waals surface area contributed by atoms with Crippen LogP contribution in [0.15, 0.2) is 84.9 Å². The van der Waals surface area contributed by atoms with E-state index >= 15 is 0 Å². The smallest absolute Gasteiger partial charge is 0.390 e. The van der Waals surface area contributed by atoms with Gasteiger partial charge in [-0.3, -0.25) is 14.4 Å². The first-order valence-corrected chi connectivity index (χ1v) is 16.8. The van der Waals surface area contributed by atoms with Gasteiger partial charge in [-0.1, -0.05) is 92.7 Å². The van der Waals surface area contributed by atoms with E-state index < -0.39 is 41.4 Å². The molecular formula is C38H47F3N4O4. The van der Waals surface area contributed by atoms with Crippen LogP contribution < -0.4 is 16.0 Å². The van der Waals surface area contributed by atoms with E-state index in [1.165, 1.54) is 13.0 Å². The molecule has 1 fully saturated rings. The summed E-state index contributed by atoms with van der Waals surface area (Å²) in [7, 11) is 0. The lowest BCUT2D eigenvalue weighted by molar-refractivity contribution is -0.143. The minimum absolute atomic E-state index is 0.00855. The summed E-state index contributed by atoms with van der Waals surface area (Å²) in [5.74, 6) is -0.927. The summed E-state index contributed by atoms with van der Waals surface area (Å²) in [6.07, 6.45) is -3.66. The van der Waals surface area contributed by atoms with Gasteiger partial charge in [0.1, 0.15) is 11.6 Å².